The molecule has 0 radical (unpaired) electrons. The van der Waals surface area contributed by atoms with Crippen molar-refractivity contribution in [3.05, 3.63) is 136 Å². The summed E-state index contributed by atoms with van der Waals surface area (Å²) in [6.45, 7) is 6.56. The fourth-order valence-electron chi connectivity index (χ4n) is 4.61. The summed E-state index contributed by atoms with van der Waals surface area (Å²) in [6.07, 6.45) is 1.86. The number of esters is 1. The number of carbonyl (C=O) groups excluding carboxylic acids is 1. The van der Waals surface area contributed by atoms with E-state index in [-0.39, 0.29) is 22.5 Å². The van der Waals surface area contributed by atoms with Crippen molar-refractivity contribution in [3.63, 3.8) is 0 Å². The molecule has 5 rings (SSSR count). The Balaban J connectivity index is 1.56. The smallest absolute Gasteiger partial charge is 0.337 e. The average molecular weight is 560 g/mol. The molecule has 0 unspecified atom stereocenters. The van der Waals surface area contributed by atoms with Gasteiger partial charge in [0.2, 0.25) is 0 Å². The van der Waals surface area contributed by atoms with Gasteiger partial charge in [0.1, 0.15) is 0 Å². The zero-order chi connectivity index (χ0) is 29.6. The monoisotopic (exact) mass is 559 g/mol. The number of aromatic carboxylic acids is 1. The Morgan fingerprint density at radius 2 is 1.52 bits per heavy atom. The number of carboxylic acid groups (broad SMARTS) is 1. The first-order valence-corrected chi connectivity index (χ1v) is 13.3. The predicted octanol–water partition coefficient (Wildman–Crippen LogP) is 5.53. The van der Waals surface area contributed by atoms with Crippen LogP contribution in [0.4, 0.5) is 22.7 Å². The zero-order valence-corrected chi connectivity index (χ0v) is 23.2. The molecule has 0 spiro atoms. The van der Waals surface area contributed by atoms with E-state index < -0.39 is 11.9 Å². The molecule has 0 aliphatic heterocycles. The van der Waals surface area contributed by atoms with Crippen molar-refractivity contribution in [2.45, 2.75) is 13.5 Å². The molecule has 5 aromatic rings. The fourth-order valence-corrected chi connectivity index (χ4v) is 4.61. The number of oxazole rings is 1. The highest BCUT2D eigenvalue weighted by molar-refractivity contribution is 5.97. The molecule has 0 fully saturated rings. The third kappa shape index (κ3) is 5.78. The highest BCUT2D eigenvalue weighted by Gasteiger charge is 2.15. The van der Waals surface area contributed by atoms with Crippen molar-refractivity contribution < 1.29 is 23.8 Å². The molecule has 0 saturated carbocycles. The first-order chi connectivity index (χ1) is 20.4. The van der Waals surface area contributed by atoms with Gasteiger partial charge in [-0.15, -0.1) is 0 Å². The number of benzene rings is 4. The van der Waals surface area contributed by atoms with Crippen molar-refractivity contribution in [2.24, 2.45) is 4.99 Å². The van der Waals surface area contributed by atoms with E-state index in [9.17, 15) is 14.7 Å². The molecule has 4 aromatic carbocycles. The van der Waals surface area contributed by atoms with E-state index in [4.69, 9.17) is 9.15 Å². The number of anilines is 3. The van der Waals surface area contributed by atoms with Gasteiger partial charge >= 0.3 is 17.6 Å². The lowest BCUT2D eigenvalue weighted by Crippen LogP contribution is -2.30. The Hall–Kier alpha value is -5.63. The molecule has 0 atom stereocenters. The van der Waals surface area contributed by atoms with Crippen LogP contribution >= 0.6 is 0 Å². The molecule has 1 heterocycles. The van der Waals surface area contributed by atoms with E-state index in [1.807, 2.05) is 73.7 Å². The van der Waals surface area contributed by atoms with Gasteiger partial charge in [0.05, 0.1) is 29.3 Å². The van der Waals surface area contributed by atoms with Crippen LogP contribution in [0, 0.1) is 0 Å². The number of hydrogen-bond donors (Lipinski definition) is 1. The molecule has 1 N–H and O–H groups in total. The summed E-state index contributed by atoms with van der Waals surface area (Å²) in [6, 6.07) is 32.4. The van der Waals surface area contributed by atoms with E-state index in [0.717, 1.165) is 22.6 Å². The van der Waals surface area contributed by atoms with Crippen molar-refractivity contribution in [2.75, 3.05) is 12.0 Å². The van der Waals surface area contributed by atoms with E-state index in [2.05, 4.69) is 40.7 Å². The molecule has 210 valence electrons. The lowest BCUT2D eigenvalue weighted by molar-refractivity contribution is 0.0598. The highest BCUT2D eigenvalue weighted by atomic mass is 16.5. The molecule has 8 nitrogen and oxygen atoms in total. The minimum atomic E-state index is -1.18. The Morgan fingerprint density at radius 3 is 2.07 bits per heavy atom. The summed E-state index contributed by atoms with van der Waals surface area (Å²) in [7, 11) is 1.26. The number of aromatic nitrogens is 1. The van der Waals surface area contributed by atoms with Crippen LogP contribution in [0.5, 0.6) is 0 Å². The second-order valence-corrected chi connectivity index (χ2v) is 9.32. The van der Waals surface area contributed by atoms with Gasteiger partial charge in [-0.1, -0.05) is 55.1 Å². The number of nitrogens with zero attached hydrogens (tertiary/aromatic N) is 3. The topological polar surface area (TPSA) is 97.3 Å². The summed E-state index contributed by atoms with van der Waals surface area (Å²) >= 11 is 0. The molecule has 0 amide bonds. The molecule has 1 aromatic heterocycles. The Morgan fingerprint density at radius 1 is 0.929 bits per heavy atom. The van der Waals surface area contributed by atoms with Crippen LogP contribution in [-0.4, -0.2) is 28.7 Å². The minimum Gasteiger partial charge on any atom is -0.478 e. The molecular formula is C34H29N3O5. The van der Waals surface area contributed by atoms with Crippen LogP contribution in [0.25, 0.3) is 12.7 Å². The molecule has 0 aliphatic rings. The Labute approximate surface area is 242 Å². The third-order valence-corrected chi connectivity index (χ3v) is 6.70. The van der Waals surface area contributed by atoms with E-state index >= 15 is 0 Å². The van der Waals surface area contributed by atoms with E-state index in [1.165, 1.54) is 25.3 Å². The van der Waals surface area contributed by atoms with Crippen LogP contribution in [-0.2, 0) is 11.3 Å². The van der Waals surface area contributed by atoms with Gasteiger partial charge in [-0.2, -0.15) is 4.99 Å². The lowest BCUT2D eigenvalue weighted by Gasteiger charge is -2.25. The largest absolute Gasteiger partial charge is 0.478 e. The summed E-state index contributed by atoms with van der Waals surface area (Å²) in [5, 5.41) is 10.3. The average Bonchev–Trinajstić information content (AvgIpc) is 3.31. The van der Waals surface area contributed by atoms with Crippen LogP contribution in [0.1, 0.15) is 33.2 Å². The van der Waals surface area contributed by atoms with E-state index in [1.54, 1.807) is 4.57 Å². The molecule has 42 heavy (non-hydrogen) atoms. The Bertz CT molecular complexity index is 1870. The number of carbonyl (C=O) groups is 2. The fraction of sp³-hybridized carbons (Fsp3) is 0.0882. The van der Waals surface area contributed by atoms with Crippen molar-refractivity contribution in [1.82, 2.24) is 4.57 Å². The van der Waals surface area contributed by atoms with Gasteiger partial charge in [-0.25, -0.2) is 9.59 Å². The summed E-state index contributed by atoms with van der Waals surface area (Å²) in [4.78, 5) is 30.6. The standard InChI is InChI=1S/C34H29N3O5/c1-4-36-23(2)31(42-34(36)35-30-22-25(33(40)41-3)17-20-29(30)32(38)39)21-24-15-18-28(19-16-24)37(26-11-7-5-8-12-26)27-13-9-6-10-14-27/h5-22H,2,4H2,1,3H3,(H,38,39)/b31-21+,35-34?. The van der Waals surface area contributed by atoms with Gasteiger partial charge in [-0.05, 0) is 73.2 Å². The maximum absolute atomic E-state index is 12.1. The number of carboxylic acids is 1. The van der Waals surface area contributed by atoms with Crippen LogP contribution in [0.2, 0.25) is 0 Å². The van der Waals surface area contributed by atoms with Crippen LogP contribution < -0.4 is 21.3 Å². The molecule has 8 heteroatoms. The van der Waals surface area contributed by atoms with Gasteiger partial charge in [0, 0.05) is 23.6 Å². The number of ether oxygens (including phenoxy) is 1. The second-order valence-electron chi connectivity index (χ2n) is 9.32. The third-order valence-electron chi connectivity index (χ3n) is 6.70. The van der Waals surface area contributed by atoms with Crippen molar-refractivity contribution >= 4 is 47.3 Å². The molecule has 0 aliphatic carbocycles. The van der Waals surface area contributed by atoms with Crippen molar-refractivity contribution in [3.8, 4) is 0 Å². The summed E-state index contributed by atoms with van der Waals surface area (Å²) in [5.41, 5.74) is 4.77. The minimum absolute atomic E-state index is 0.0687. The molecule has 0 bridgehead atoms. The van der Waals surface area contributed by atoms with E-state index in [0.29, 0.717) is 17.3 Å². The maximum Gasteiger partial charge on any atom is 0.337 e. The first kappa shape index (κ1) is 27.9. The number of hydrogen-bond acceptors (Lipinski definition) is 6. The van der Waals surface area contributed by atoms with Crippen LogP contribution in [0.15, 0.2) is 113 Å². The summed E-state index contributed by atoms with van der Waals surface area (Å²) in [5.74, 6) is -1.78. The summed E-state index contributed by atoms with van der Waals surface area (Å²) < 4.78 is 12.6. The van der Waals surface area contributed by atoms with Gasteiger partial charge in [-0.3, -0.25) is 4.57 Å². The highest BCUT2D eigenvalue weighted by Crippen LogP contribution is 2.34. The van der Waals surface area contributed by atoms with Crippen LogP contribution in [0.3, 0.4) is 0 Å². The number of para-hydroxylation sites is 2. The van der Waals surface area contributed by atoms with Gasteiger partial charge < -0.3 is 19.2 Å². The normalized spacial score (nSPS) is 11.9. The first-order valence-electron chi connectivity index (χ1n) is 13.3. The molecule has 0 saturated heterocycles. The van der Waals surface area contributed by atoms with Gasteiger partial charge in [0.15, 0.2) is 5.42 Å². The maximum atomic E-state index is 12.1. The Kier molecular flexibility index (Phi) is 8.15. The quantitative estimate of drug-likeness (QED) is 0.251. The lowest BCUT2D eigenvalue weighted by atomic mass is 10.1. The zero-order valence-electron chi connectivity index (χ0n) is 23.2. The number of rotatable bonds is 8. The van der Waals surface area contributed by atoms with Gasteiger partial charge in [0.25, 0.3) is 0 Å². The second kappa shape index (κ2) is 12.3. The molecular weight excluding hydrogens is 530 g/mol. The van der Waals surface area contributed by atoms with Crippen molar-refractivity contribution in [1.29, 1.82) is 0 Å². The SMILES string of the molecule is C=c1/c(=C\c2ccc(N(c3ccccc3)c3ccccc3)cc2)oc(=Nc2cc(C(=O)OC)ccc2C(=O)O)n1CC. The predicted molar refractivity (Wildman–Crippen MR) is 162 cm³/mol. The number of methoxy groups -OCH3 is 1.